The van der Waals surface area contributed by atoms with Crippen LogP contribution >= 0.6 is 22.6 Å². The van der Waals surface area contributed by atoms with Crippen LogP contribution < -0.4 is 0 Å². The molecule has 0 aromatic rings. The number of alkyl halides is 1. The Morgan fingerprint density at radius 2 is 1.72 bits per heavy atom. The summed E-state index contributed by atoms with van der Waals surface area (Å²) in [6, 6.07) is 0. The molecule has 108 valence electrons. The van der Waals surface area contributed by atoms with Gasteiger partial charge in [-0.25, -0.2) is 0 Å². The minimum absolute atomic E-state index is 0.131. The van der Waals surface area contributed by atoms with Crippen molar-refractivity contribution in [3.8, 4) is 0 Å². The predicted molar refractivity (Wildman–Crippen MR) is 85.5 cm³/mol. The van der Waals surface area contributed by atoms with Gasteiger partial charge in [0.2, 0.25) is 0 Å². The summed E-state index contributed by atoms with van der Waals surface area (Å²) < 4.78 is 12.8. The molecule has 0 heterocycles. The molecular formula is C15H29IO2. The second-order valence-corrected chi connectivity index (χ2v) is 6.93. The zero-order valence-electron chi connectivity index (χ0n) is 12.4. The largest absolute Gasteiger partial charge is 0.376 e. The minimum Gasteiger partial charge on any atom is -0.376 e. The first-order valence-corrected chi connectivity index (χ1v) is 8.83. The molecule has 1 aliphatic rings. The van der Waals surface area contributed by atoms with E-state index in [4.69, 9.17) is 9.47 Å². The second kappa shape index (κ2) is 8.05. The van der Waals surface area contributed by atoms with Crippen LogP contribution in [-0.2, 0) is 9.47 Å². The predicted octanol–water partition coefficient (Wildman–Crippen LogP) is 4.45. The van der Waals surface area contributed by atoms with Crippen molar-refractivity contribution in [3.05, 3.63) is 0 Å². The van der Waals surface area contributed by atoms with E-state index in [1.54, 1.807) is 0 Å². The zero-order chi connectivity index (χ0) is 13.6. The van der Waals surface area contributed by atoms with Crippen molar-refractivity contribution in [1.29, 1.82) is 0 Å². The van der Waals surface area contributed by atoms with Gasteiger partial charge in [0.1, 0.15) is 0 Å². The van der Waals surface area contributed by atoms with Crippen LogP contribution in [0.4, 0.5) is 0 Å². The van der Waals surface area contributed by atoms with E-state index >= 15 is 0 Å². The minimum atomic E-state index is 0.131. The van der Waals surface area contributed by atoms with Crippen LogP contribution in [0.1, 0.15) is 53.4 Å². The third-order valence-electron chi connectivity index (χ3n) is 4.07. The van der Waals surface area contributed by atoms with Gasteiger partial charge in [0.25, 0.3) is 0 Å². The van der Waals surface area contributed by atoms with Gasteiger partial charge >= 0.3 is 0 Å². The third kappa shape index (κ3) is 5.33. The molecule has 1 fully saturated rings. The SMILES string of the molecule is CC(C)OCCOC1(CI)CCC(C(C)C)CC1. The van der Waals surface area contributed by atoms with Gasteiger partial charge in [-0.2, -0.15) is 0 Å². The number of hydrogen-bond acceptors (Lipinski definition) is 2. The highest BCUT2D eigenvalue weighted by Crippen LogP contribution is 2.39. The average Bonchev–Trinajstić information content (AvgIpc) is 2.35. The van der Waals surface area contributed by atoms with Crippen molar-refractivity contribution < 1.29 is 9.47 Å². The Kier molecular flexibility index (Phi) is 7.47. The third-order valence-corrected chi connectivity index (χ3v) is 5.46. The molecule has 0 spiro atoms. The van der Waals surface area contributed by atoms with Crippen LogP contribution in [0.5, 0.6) is 0 Å². The fourth-order valence-electron chi connectivity index (χ4n) is 2.69. The molecule has 0 saturated heterocycles. The quantitative estimate of drug-likeness (QED) is 0.376. The molecule has 0 unspecified atom stereocenters. The Morgan fingerprint density at radius 3 is 2.17 bits per heavy atom. The summed E-state index contributed by atoms with van der Waals surface area (Å²) in [6.07, 6.45) is 5.40. The maximum absolute atomic E-state index is 6.17. The monoisotopic (exact) mass is 368 g/mol. The first-order valence-electron chi connectivity index (χ1n) is 7.30. The van der Waals surface area contributed by atoms with E-state index in [1.807, 2.05) is 0 Å². The first kappa shape index (κ1) is 16.7. The summed E-state index contributed by atoms with van der Waals surface area (Å²) in [5, 5.41) is 0. The number of halogens is 1. The van der Waals surface area contributed by atoms with Gasteiger partial charge in [0.05, 0.1) is 24.9 Å². The van der Waals surface area contributed by atoms with Crippen molar-refractivity contribution >= 4 is 22.6 Å². The molecule has 0 atom stereocenters. The normalized spacial score (nSPS) is 29.2. The maximum atomic E-state index is 6.17. The van der Waals surface area contributed by atoms with Crippen molar-refractivity contribution in [3.63, 3.8) is 0 Å². The molecule has 18 heavy (non-hydrogen) atoms. The summed E-state index contributed by atoms with van der Waals surface area (Å²) in [7, 11) is 0. The highest BCUT2D eigenvalue weighted by molar-refractivity contribution is 14.1. The van der Waals surface area contributed by atoms with Crippen molar-refractivity contribution in [2.75, 3.05) is 17.6 Å². The first-order chi connectivity index (χ1) is 8.49. The fraction of sp³-hybridized carbons (Fsp3) is 1.00. The standard InChI is InChI=1S/C15H29IO2/c1-12(2)14-5-7-15(11-16,8-6-14)18-10-9-17-13(3)4/h12-14H,5-11H2,1-4H3. The van der Waals surface area contributed by atoms with Gasteiger partial charge in [-0.3, -0.25) is 0 Å². The van der Waals surface area contributed by atoms with Crippen LogP contribution in [0.2, 0.25) is 0 Å². The number of ether oxygens (including phenoxy) is 2. The molecule has 0 radical (unpaired) electrons. The molecular weight excluding hydrogens is 339 g/mol. The molecule has 0 bridgehead atoms. The van der Waals surface area contributed by atoms with E-state index in [9.17, 15) is 0 Å². The van der Waals surface area contributed by atoms with Gasteiger partial charge < -0.3 is 9.47 Å². The number of rotatable bonds is 7. The Labute approximate surface area is 126 Å². The van der Waals surface area contributed by atoms with Crippen molar-refractivity contribution in [2.24, 2.45) is 11.8 Å². The summed E-state index contributed by atoms with van der Waals surface area (Å²) in [4.78, 5) is 0. The Balaban J connectivity index is 2.31. The van der Waals surface area contributed by atoms with E-state index in [2.05, 4.69) is 50.3 Å². The molecule has 0 aliphatic heterocycles. The van der Waals surface area contributed by atoms with Gasteiger partial charge in [-0.05, 0) is 51.4 Å². The topological polar surface area (TPSA) is 18.5 Å². The average molecular weight is 368 g/mol. The highest BCUT2D eigenvalue weighted by atomic mass is 127. The zero-order valence-corrected chi connectivity index (χ0v) is 14.5. The molecule has 0 aromatic heterocycles. The highest BCUT2D eigenvalue weighted by Gasteiger charge is 2.35. The molecule has 0 N–H and O–H groups in total. The number of hydrogen-bond donors (Lipinski definition) is 0. The van der Waals surface area contributed by atoms with E-state index in [-0.39, 0.29) is 5.60 Å². The van der Waals surface area contributed by atoms with Crippen molar-refractivity contribution in [1.82, 2.24) is 0 Å². The maximum Gasteiger partial charge on any atom is 0.0772 e. The molecule has 3 heteroatoms. The van der Waals surface area contributed by atoms with E-state index in [0.29, 0.717) is 6.10 Å². The van der Waals surface area contributed by atoms with E-state index < -0.39 is 0 Å². The van der Waals surface area contributed by atoms with Gasteiger partial charge in [0.15, 0.2) is 0 Å². The summed E-state index contributed by atoms with van der Waals surface area (Å²) in [5.74, 6) is 1.72. The molecule has 1 saturated carbocycles. The second-order valence-electron chi connectivity index (χ2n) is 6.17. The lowest BCUT2D eigenvalue weighted by atomic mass is 9.75. The van der Waals surface area contributed by atoms with Gasteiger partial charge in [0, 0.05) is 4.43 Å². The Bertz CT molecular complexity index is 221. The molecule has 2 nitrogen and oxygen atoms in total. The van der Waals surface area contributed by atoms with Crippen LogP contribution in [0.3, 0.4) is 0 Å². The van der Waals surface area contributed by atoms with Crippen molar-refractivity contribution in [2.45, 2.75) is 65.1 Å². The van der Waals surface area contributed by atoms with Crippen LogP contribution in [0.25, 0.3) is 0 Å². The van der Waals surface area contributed by atoms with Gasteiger partial charge in [-0.1, -0.05) is 36.4 Å². The lowest BCUT2D eigenvalue weighted by Gasteiger charge is -2.40. The lowest BCUT2D eigenvalue weighted by molar-refractivity contribution is -0.0858. The van der Waals surface area contributed by atoms with Crippen LogP contribution in [0, 0.1) is 11.8 Å². The molecule has 0 amide bonds. The lowest BCUT2D eigenvalue weighted by Crippen LogP contribution is -2.40. The summed E-state index contributed by atoms with van der Waals surface area (Å²) in [6.45, 7) is 10.3. The Hall–Kier alpha value is 0.650. The molecule has 0 aromatic carbocycles. The smallest absolute Gasteiger partial charge is 0.0772 e. The molecule has 1 aliphatic carbocycles. The van der Waals surface area contributed by atoms with Crippen LogP contribution in [0.15, 0.2) is 0 Å². The van der Waals surface area contributed by atoms with E-state index in [0.717, 1.165) is 29.5 Å². The van der Waals surface area contributed by atoms with Gasteiger partial charge in [-0.15, -0.1) is 0 Å². The van der Waals surface area contributed by atoms with E-state index in [1.165, 1.54) is 25.7 Å². The fourth-order valence-corrected chi connectivity index (χ4v) is 3.67. The Morgan fingerprint density at radius 1 is 1.11 bits per heavy atom. The van der Waals surface area contributed by atoms with Crippen LogP contribution in [-0.4, -0.2) is 29.3 Å². The summed E-state index contributed by atoms with van der Waals surface area (Å²) >= 11 is 2.48. The summed E-state index contributed by atoms with van der Waals surface area (Å²) in [5.41, 5.74) is 0.131. The molecule has 1 rings (SSSR count).